The summed E-state index contributed by atoms with van der Waals surface area (Å²) in [6, 6.07) is 13.0. The molecule has 3 rings (SSSR count). The van der Waals surface area contributed by atoms with E-state index in [9.17, 15) is 9.59 Å². The molecule has 3 amide bonds. The van der Waals surface area contributed by atoms with E-state index < -0.39 is 5.54 Å². The van der Waals surface area contributed by atoms with Crippen LogP contribution in [-0.2, 0) is 16.8 Å². The maximum Gasteiger partial charge on any atom is 0.325 e. The minimum absolute atomic E-state index is 0.223. The van der Waals surface area contributed by atoms with Crippen molar-refractivity contribution in [2.24, 2.45) is 0 Å². The molecular formula is C17H17N3O2. The minimum Gasteiger partial charge on any atom is -0.319 e. The van der Waals surface area contributed by atoms with Gasteiger partial charge in [-0.25, -0.2) is 4.79 Å². The third-order valence-corrected chi connectivity index (χ3v) is 4.00. The molecule has 22 heavy (non-hydrogen) atoms. The zero-order chi connectivity index (χ0) is 15.6. The second-order valence-electron chi connectivity index (χ2n) is 5.48. The minimum atomic E-state index is -1.02. The second kappa shape index (κ2) is 5.60. The van der Waals surface area contributed by atoms with E-state index in [4.69, 9.17) is 0 Å². The summed E-state index contributed by atoms with van der Waals surface area (Å²) in [5, 5.41) is 2.79. The molecule has 1 aliphatic rings. The number of aromatic nitrogens is 1. The lowest BCUT2D eigenvalue weighted by Gasteiger charge is -2.21. The molecule has 0 aliphatic carbocycles. The molecule has 0 bridgehead atoms. The molecule has 1 aromatic carbocycles. The molecular weight excluding hydrogens is 278 g/mol. The predicted octanol–water partition coefficient (Wildman–Crippen LogP) is 2.09. The first-order chi connectivity index (χ1) is 10.6. The largest absolute Gasteiger partial charge is 0.325 e. The fourth-order valence-corrected chi connectivity index (χ4v) is 2.67. The van der Waals surface area contributed by atoms with Crippen LogP contribution in [0.15, 0.2) is 54.9 Å². The predicted molar refractivity (Wildman–Crippen MR) is 82.0 cm³/mol. The zero-order valence-corrected chi connectivity index (χ0v) is 12.3. The Morgan fingerprint density at radius 2 is 1.77 bits per heavy atom. The van der Waals surface area contributed by atoms with Crippen LogP contribution in [0.5, 0.6) is 0 Å². The first-order valence-electron chi connectivity index (χ1n) is 7.20. The van der Waals surface area contributed by atoms with E-state index in [1.54, 1.807) is 31.5 Å². The molecule has 5 heteroatoms. The number of urea groups is 1. The standard InChI is InChI=1S/C17H17N3O2/c1-17(14-7-10-18-11-8-14)15(21)20(16(22)19-17)12-9-13-5-3-2-4-6-13/h2-8,10-11H,9,12H2,1H3,(H,19,22)/t17-/m1/s1. The van der Waals surface area contributed by atoms with Gasteiger partial charge in [0.1, 0.15) is 5.54 Å². The summed E-state index contributed by atoms with van der Waals surface area (Å²) < 4.78 is 0. The molecule has 0 spiro atoms. The summed E-state index contributed by atoms with van der Waals surface area (Å²) >= 11 is 0. The normalized spacial score (nSPS) is 21.0. The molecule has 1 saturated heterocycles. The van der Waals surface area contributed by atoms with Gasteiger partial charge < -0.3 is 5.32 Å². The number of carbonyl (C=O) groups is 2. The van der Waals surface area contributed by atoms with Gasteiger partial charge in [-0.15, -0.1) is 0 Å². The lowest BCUT2D eigenvalue weighted by atomic mass is 9.93. The topological polar surface area (TPSA) is 62.3 Å². The number of carbonyl (C=O) groups excluding carboxylic acids is 2. The molecule has 2 aromatic rings. The molecule has 1 atom stereocenters. The number of nitrogens with one attached hydrogen (secondary N) is 1. The number of amides is 3. The van der Waals surface area contributed by atoms with Crippen LogP contribution in [0.4, 0.5) is 4.79 Å². The van der Waals surface area contributed by atoms with Crippen molar-refractivity contribution in [2.45, 2.75) is 18.9 Å². The highest BCUT2D eigenvalue weighted by Gasteiger charge is 2.48. The molecule has 0 saturated carbocycles. The molecule has 0 unspecified atom stereocenters. The first-order valence-corrected chi connectivity index (χ1v) is 7.20. The summed E-state index contributed by atoms with van der Waals surface area (Å²) in [6.45, 7) is 2.10. The van der Waals surface area contributed by atoms with Crippen molar-refractivity contribution >= 4 is 11.9 Å². The average molecular weight is 295 g/mol. The van der Waals surface area contributed by atoms with E-state index in [1.165, 1.54) is 4.90 Å². The summed E-state index contributed by atoms with van der Waals surface area (Å²) in [6.07, 6.45) is 3.88. The van der Waals surface area contributed by atoms with Crippen LogP contribution in [0, 0.1) is 0 Å². The van der Waals surface area contributed by atoms with E-state index >= 15 is 0 Å². The van der Waals surface area contributed by atoms with Gasteiger partial charge in [-0.1, -0.05) is 30.3 Å². The van der Waals surface area contributed by atoms with Gasteiger partial charge in [0.2, 0.25) is 0 Å². The molecule has 0 radical (unpaired) electrons. The Hall–Kier alpha value is -2.69. The van der Waals surface area contributed by atoms with E-state index in [1.807, 2.05) is 30.3 Å². The Kier molecular flexibility index (Phi) is 3.63. The number of hydrogen-bond acceptors (Lipinski definition) is 3. The monoisotopic (exact) mass is 295 g/mol. The summed E-state index contributed by atoms with van der Waals surface area (Å²) in [7, 11) is 0. The van der Waals surface area contributed by atoms with Crippen LogP contribution in [-0.4, -0.2) is 28.4 Å². The third kappa shape index (κ3) is 2.45. The first kappa shape index (κ1) is 14.3. The van der Waals surface area contributed by atoms with Crippen molar-refractivity contribution in [3.8, 4) is 0 Å². The smallest absolute Gasteiger partial charge is 0.319 e. The van der Waals surface area contributed by atoms with Crippen molar-refractivity contribution in [3.05, 3.63) is 66.0 Å². The van der Waals surface area contributed by atoms with Crippen molar-refractivity contribution in [1.82, 2.24) is 15.2 Å². The van der Waals surface area contributed by atoms with Gasteiger partial charge >= 0.3 is 6.03 Å². The van der Waals surface area contributed by atoms with Crippen LogP contribution >= 0.6 is 0 Å². The highest BCUT2D eigenvalue weighted by molar-refractivity contribution is 6.07. The van der Waals surface area contributed by atoms with Crippen LogP contribution in [0.2, 0.25) is 0 Å². The van der Waals surface area contributed by atoms with E-state index in [0.29, 0.717) is 13.0 Å². The van der Waals surface area contributed by atoms with Gasteiger partial charge in [-0.05, 0) is 36.6 Å². The zero-order valence-electron chi connectivity index (χ0n) is 12.3. The lowest BCUT2D eigenvalue weighted by Crippen LogP contribution is -2.41. The van der Waals surface area contributed by atoms with Crippen molar-refractivity contribution in [1.29, 1.82) is 0 Å². The van der Waals surface area contributed by atoms with Gasteiger partial charge in [-0.2, -0.15) is 0 Å². The van der Waals surface area contributed by atoms with Gasteiger partial charge in [0.05, 0.1) is 0 Å². The maximum absolute atomic E-state index is 12.7. The Morgan fingerprint density at radius 1 is 1.09 bits per heavy atom. The van der Waals surface area contributed by atoms with Gasteiger partial charge in [0, 0.05) is 18.9 Å². The van der Waals surface area contributed by atoms with E-state index in [2.05, 4.69) is 10.3 Å². The van der Waals surface area contributed by atoms with Crippen LogP contribution in [0.3, 0.4) is 0 Å². The summed E-state index contributed by atoms with van der Waals surface area (Å²) in [5.74, 6) is -0.223. The Labute approximate surface area is 129 Å². The Morgan fingerprint density at radius 3 is 2.45 bits per heavy atom. The number of benzene rings is 1. The van der Waals surface area contributed by atoms with E-state index in [0.717, 1.165) is 11.1 Å². The van der Waals surface area contributed by atoms with Gasteiger partial charge in [-0.3, -0.25) is 14.7 Å². The quantitative estimate of drug-likeness (QED) is 0.879. The summed E-state index contributed by atoms with van der Waals surface area (Å²) in [5.41, 5.74) is 0.820. The second-order valence-corrected chi connectivity index (χ2v) is 5.48. The lowest BCUT2D eigenvalue weighted by molar-refractivity contribution is -0.131. The van der Waals surface area contributed by atoms with Gasteiger partial charge in [0.25, 0.3) is 5.91 Å². The molecule has 2 heterocycles. The molecule has 1 aromatic heterocycles. The van der Waals surface area contributed by atoms with E-state index in [-0.39, 0.29) is 11.9 Å². The SMILES string of the molecule is C[C@]1(c2ccncc2)NC(=O)N(CCc2ccccc2)C1=O. The van der Waals surface area contributed by atoms with Crippen molar-refractivity contribution in [3.63, 3.8) is 0 Å². The highest BCUT2D eigenvalue weighted by Crippen LogP contribution is 2.28. The number of imide groups is 1. The average Bonchev–Trinajstić information content (AvgIpc) is 2.78. The maximum atomic E-state index is 12.7. The van der Waals surface area contributed by atoms with Crippen LogP contribution in [0.25, 0.3) is 0 Å². The molecule has 5 nitrogen and oxygen atoms in total. The summed E-state index contributed by atoms with van der Waals surface area (Å²) in [4.78, 5) is 30.1. The fourth-order valence-electron chi connectivity index (χ4n) is 2.67. The van der Waals surface area contributed by atoms with Crippen molar-refractivity contribution in [2.75, 3.05) is 6.54 Å². The van der Waals surface area contributed by atoms with Crippen molar-refractivity contribution < 1.29 is 9.59 Å². The molecule has 1 N–H and O–H groups in total. The molecule has 1 fully saturated rings. The van der Waals surface area contributed by atoms with Crippen LogP contribution in [0.1, 0.15) is 18.1 Å². The molecule has 112 valence electrons. The number of hydrogen-bond donors (Lipinski definition) is 1. The van der Waals surface area contributed by atoms with Crippen LogP contribution < -0.4 is 5.32 Å². The number of pyridine rings is 1. The number of nitrogens with zero attached hydrogens (tertiary/aromatic N) is 2. The molecule has 1 aliphatic heterocycles. The third-order valence-electron chi connectivity index (χ3n) is 4.00. The Bertz CT molecular complexity index is 688. The number of rotatable bonds is 4. The Balaban J connectivity index is 1.77. The highest BCUT2D eigenvalue weighted by atomic mass is 16.2. The van der Waals surface area contributed by atoms with Gasteiger partial charge in [0.15, 0.2) is 0 Å². The fraction of sp³-hybridized carbons (Fsp3) is 0.235.